The second-order valence-electron chi connectivity index (χ2n) is 7.34. The van der Waals surface area contributed by atoms with Crippen LogP contribution in [0.1, 0.15) is 23.3 Å². The lowest BCUT2D eigenvalue weighted by Gasteiger charge is -2.31. The van der Waals surface area contributed by atoms with E-state index in [4.69, 9.17) is 0 Å². The van der Waals surface area contributed by atoms with Gasteiger partial charge in [0.2, 0.25) is 0 Å². The molecule has 3 aromatic heterocycles. The third-order valence-corrected chi connectivity index (χ3v) is 5.33. The molecule has 0 atom stereocenters. The van der Waals surface area contributed by atoms with E-state index in [2.05, 4.69) is 25.5 Å². The van der Waals surface area contributed by atoms with Crippen LogP contribution in [0.4, 0.5) is 20.3 Å². The maximum Gasteiger partial charge on any atom is 0.273 e. The fourth-order valence-electron chi connectivity index (χ4n) is 3.69. The quantitative estimate of drug-likeness (QED) is 0.533. The van der Waals surface area contributed by atoms with Gasteiger partial charge < -0.3 is 10.2 Å². The van der Waals surface area contributed by atoms with Crippen LogP contribution in [-0.4, -0.2) is 50.0 Å². The van der Waals surface area contributed by atoms with Crippen molar-refractivity contribution < 1.29 is 13.6 Å². The van der Waals surface area contributed by atoms with Gasteiger partial charge in [0.25, 0.3) is 11.8 Å². The van der Waals surface area contributed by atoms with Crippen LogP contribution in [0.2, 0.25) is 0 Å². The number of nitrogens with zero attached hydrogens (tertiary/aromatic N) is 4. The van der Waals surface area contributed by atoms with Crippen molar-refractivity contribution in [2.45, 2.75) is 18.8 Å². The van der Waals surface area contributed by atoms with Crippen molar-refractivity contribution in [2.24, 2.45) is 0 Å². The van der Waals surface area contributed by atoms with E-state index in [-0.39, 0.29) is 37.5 Å². The number of alkyl halides is 2. The van der Waals surface area contributed by atoms with Gasteiger partial charge in [0, 0.05) is 49.4 Å². The molecule has 1 fully saturated rings. The van der Waals surface area contributed by atoms with Crippen LogP contribution in [-0.2, 0) is 0 Å². The summed E-state index contributed by atoms with van der Waals surface area (Å²) in [7, 11) is 0. The largest absolute Gasteiger partial charge is 0.337 e. The van der Waals surface area contributed by atoms with E-state index in [0.29, 0.717) is 11.2 Å². The summed E-state index contributed by atoms with van der Waals surface area (Å²) in [5.74, 6) is -2.42. The highest BCUT2D eigenvalue weighted by Gasteiger charge is 2.36. The number of likely N-dealkylation sites (tertiary alicyclic amines) is 1. The van der Waals surface area contributed by atoms with Crippen molar-refractivity contribution in [3.63, 3.8) is 0 Å². The molecule has 4 aromatic rings. The average Bonchev–Trinajstić information content (AvgIpc) is 3.15. The molecule has 30 heavy (non-hydrogen) atoms. The molecule has 0 bridgehead atoms. The van der Waals surface area contributed by atoms with E-state index in [1.54, 1.807) is 18.5 Å². The van der Waals surface area contributed by atoms with E-state index >= 15 is 0 Å². The summed E-state index contributed by atoms with van der Waals surface area (Å²) >= 11 is 0. The fraction of sp³-hybridized carbons (Fsp3) is 0.238. The van der Waals surface area contributed by atoms with Crippen LogP contribution in [0.5, 0.6) is 0 Å². The van der Waals surface area contributed by atoms with Gasteiger partial charge in [-0.1, -0.05) is 0 Å². The summed E-state index contributed by atoms with van der Waals surface area (Å²) < 4.78 is 26.8. The first-order valence-electron chi connectivity index (χ1n) is 9.62. The summed E-state index contributed by atoms with van der Waals surface area (Å²) in [6.07, 6.45) is 2.62. The number of rotatable bonds is 3. The lowest BCUT2D eigenvalue weighted by molar-refractivity contribution is -0.0494. The van der Waals surface area contributed by atoms with Crippen molar-refractivity contribution >= 4 is 39.2 Å². The van der Waals surface area contributed by atoms with Crippen molar-refractivity contribution in [1.29, 1.82) is 0 Å². The fourth-order valence-corrected chi connectivity index (χ4v) is 3.69. The molecule has 9 heteroatoms. The van der Waals surface area contributed by atoms with Crippen molar-refractivity contribution in [3.8, 4) is 0 Å². The number of nitrogens with one attached hydrogen (secondary N) is 2. The van der Waals surface area contributed by atoms with Gasteiger partial charge in [0.1, 0.15) is 11.2 Å². The van der Waals surface area contributed by atoms with E-state index in [9.17, 15) is 13.6 Å². The minimum absolute atomic E-state index is 0.0305. The summed E-state index contributed by atoms with van der Waals surface area (Å²) in [6.45, 7) is 0.0611. The molecule has 1 aliphatic rings. The number of amides is 1. The molecule has 1 amide bonds. The van der Waals surface area contributed by atoms with Crippen molar-refractivity contribution in [1.82, 2.24) is 25.1 Å². The van der Waals surface area contributed by atoms with E-state index in [1.165, 1.54) is 4.90 Å². The normalized spacial score (nSPS) is 16.1. The molecule has 1 aliphatic heterocycles. The zero-order chi connectivity index (χ0) is 20.7. The zero-order valence-corrected chi connectivity index (χ0v) is 15.9. The van der Waals surface area contributed by atoms with Crippen LogP contribution in [0.25, 0.3) is 21.8 Å². The van der Waals surface area contributed by atoms with Gasteiger partial charge >= 0.3 is 0 Å². The predicted octanol–water partition coefficient (Wildman–Crippen LogP) is 4.12. The Balaban J connectivity index is 1.43. The number of anilines is 2. The molecule has 2 N–H and O–H groups in total. The van der Waals surface area contributed by atoms with Crippen LogP contribution < -0.4 is 5.32 Å². The molecule has 0 aliphatic carbocycles. The van der Waals surface area contributed by atoms with Gasteiger partial charge in [0.05, 0.1) is 5.52 Å². The number of carbonyl (C=O) groups excluding carboxylic acids is 1. The van der Waals surface area contributed by atoms with Gasteiger partial charge in [-0.15, -0.1) is 0 Å². The number of benzene rings is 1. The van der Waals surface area contributed by atoms with E-state index in [0.717, 1.165) is 22.1 Å². The molecular weight excluding hydrogens is 390 g/mol. The molecule has 0 radical (unpaired) electrons. The number of aromatic amines is 1. The lowest BCUT2D eigenvalue weighted by atomic mass is 10.0. The molecule has 4 heterocycles. The Labute approximate surface area is 170 Å². The highest BCUT2D eigenvalue weighted by Crippen LogP contribution is 2.30. The third-order valence-electron chi connectivity index (χ3n) is 5.33. The number of halogens is 2. The predicted molar refractivity (Wildman–Crippen MR) is 109 cm³/mol. The van der Waals surface area contributed by atoms with Crippen LogP contribution in [0.3, 0.4) is 0 Å². The van der Waals surface area contributed by atoms with Gasteiger partial charge in [-0.05, 0) is 41.8 Å². The smallest absolute Gasteiger partial charge is 0.273 e. The van der Waals surface area contributed by atoms with Gasteiger partial charge in [-0.3, -0.25) is 19.9 Å². The Morgan fingerprint density at radius 2 is 1.93 bits per heavy atom. The Bertz CT molecular complexity index is 1240. The standard InChI is InChI=1S/C21H18F2N6O/c22-21(23)6-10-29(11-7-21)20(30)17-15-4-3-14(12-13(15)5-9-25-17)26-19-18-16(27-28-19)2-1-8-24-18/h1-5,8-9,12H,6-7,10-11H2,(H2,26,27,28). The molecule has 0 spiro atoms. The number of carbonyl (C=O) groups is 1. The summed E-state index contributed by atoms with van der Waals surface area (Å²) in [5.41, 5.74) is 2.61. The highest BCUT2D eigenvalue weighted by molar-refractivity contribution is 6.06. The second-order valence-corrected chi connectivity index (χ2v) is 7.34. The number of aromatic nitrogens is 4. The number of piperidine rings is 1. The molecule has 152 valence electrons. The first-order valence-corrected chi connectivity index (χ1v) is 9.62. The molecule has 0 saturated carbocycles. The van der Waals surface area contributed by atoms with Gasteiger partial charge in [-0.2, -0.15) is 5.10 Å². The molecule has 7 nitrogen and oxygen atoms in total. The van der Waals surface area contributed by atoms with Crippen LogP contribution in [0.15, 0.2) is 48.8 Å². The lowest BCUT2D eigenvalue weighted by Crippen LogP contribution is -2.43. The molecule has 1 saturated heterocycles. The number of H-pyrrole nitrogens is 1. The number of pyridine rings is 2. The topological polar surface area (TPSA) is 86.8 Å². The summed E-state index contributed by atoms with van der Waals surface area (Å²) in [6, 6.07) is 11.0. The SMILES string of the molecule is O=C(c1nccc2cc(Nc3n[nH]c4cccnc34)ccc12)N1CCC(F)(F)CC1. The molecule has 0 unspecified atom stereocenters. The van der Waals surface area contributed by atoms with Crippen LogP contribution in [0, 0.1) is 0 Å². The van der Waals surface area contributed by atoms with E-state index < -0.39 is 5.92 Å². The minimum Gasteiger partial charge on any atom is -0.337 e. The monoisotopic (exact) mass is 408 g/mol. The number of hydrogen-bond donors (Lipinski definition) is 2. The van der Waals surface area contributed by atoms with Crippen LogP contribution >= 0.6 is 0 Å². The van der Waals surface area contributed by atoms with Gasteiger partial charge in [-0.25, -0.2) is 8.78 Å². The Morgan fingerprint density at radius 3 is 2.77 bits per heavy atom. The third kappa shape index (κ3) is 3.32. The maximum absolute atomic E-state index is 13.4. The number of hydrogen-bond acceptors (Lipinski definition) is 5. The zero-order valence-electron chi connectivity index (χ0n) is 15.9. The van der Waals surface area contributed by atoms with Gasteiger partial charge in [0.15, 0.2) is 5.82 Å². The maximum atomic E-state index is 13.4. The Morgan fingerprint density at radius 1 is 1.10 bits per heavy atom. The molecule has 1 aromatic carbocycles. The first kappa shape index (κ1) is 18.4. The summed E-state index contributed by atoms with van der Waals surface area (Å²) in [5, 5.41) is 11.9. The first-order chi connectivity index (χ1) is 14.5. The molecule has 5 rings (SSSR count). The number of fused-ring (bicyclic) bond motifs is 2. The van der Waals surface area contributed by atoms with E-state index in [1.807, 2.05) is 30.3 Å². The average molecular weight is 408 g/mol. The summed E-state index contributed by atoms with van der Waals surface area (Å²) in [4.78, 5) is 22.9. The minimum atomic E-state index is -2.70. The van der Waals surface area contributed by atoms with Crippen molar-refractivity contribution in [2.75, 3.05) is 18.4 Å². The van der Waals surface area contributed by atoms with Crippen molar-refractivity contribution in [3.05, 3.63) is 54.5 Å². The highest BCUT2D eigenvalue weighted by atomic mass is 19.3. The Kier molecular flexibility index (Phi) is 4.30. The molecular formula is C21H18F2N6O. The second kappa shape index (κ2) is 7.01. The Hall–Kier alpha value is -3.62.